The summed E-state index contributed by atoms with van der Waals surface area (Å²) in [6.07, 6.45) is 3.82. The van der Waals surface area contributed by atoms with Crippen molar-refractivity contribution in [1.82, 2.24) is 0 Å². The molecule has 0 bridgehead atoms. The van der Waals surface area contributed by atoms with Crippen LogP contribution in [0.4, 0.5) is 5.69 Å². The van der Waals surface area contributed by atoms with Crippen LogP contribution in [0.15, 0.2) is 24.3 Å². The minimum Gasteiger partial charge on any atom is -0.489 e. The second-order valence-electron chi connectivity index (χ2n) is 11.5. The van der Waals surface area contributed by atoms with E-state index in [0.717, 1.165) is 25.7 Å². The van der Waals surface area contributed by atoms with Crippen molar-refractivity contribution < 1.29 is 66.4 Å². The van der Waals surface area contributed by atoms with Crippen LogP contribution >= 0.6 is 0 Å². The Morgan fingerprint density at radius 1 is 0.491 bits per heavy atom. The first-order chi connectivity index (χ1) is 26.2. The summed E-state index contributed by atoms with van der Waals surface area (Å²) in [5.41, 5.74) is 6.44. The molecule has 0 spiro atoms. The second kappa shape index (κ2) is 39.5. The highest BCUT2D eigenvalue weighted by Crippen LogP contribution is 2.19. The van der Waals surface area contributed by atoms with Gasteiger partial charge in [0.05, 0.1) is 157 Å². The van der Waals surface area contributed by atoms with E-state index in [4.69, 9.17) is 67.3 Å². The summed E-state index contributed by atoms with van der Waals surface area (Å²) in [7, 11) is 0. The molecular formula is C38H69NO14. The fourth-order valence-electron chi connectivity index (χ4n) is 4.38. The normalized spacial score (nSPS) is 12.0. The number of hydrogen-bond acceptors (Lipinski definition) is 15. The maximum absolute atomic E-state index is 12.0. The van der Waals surface area contributed by atoms with Crippen LogP contribution in [-0.4, -0.2) is 165 Å². The first-order valence-corrected chi connectivity index (χ1v) is 19.2. The fourth-order valence-corrected chi connectivity index (χ4v) is 4.38. The largest absolute Gasteiger partial charge is 0.489 e. The number of para-hydroxylation sites is 2. The predicted molar refractivity (Wildman–Crippen MR) is 200 cm³/mol. The molecule has 1 atom stereocenters. The summed E-state index contributed by atoms with van der Waals surface area (Å²) in [4.78, 5) is 12.0. The summed E-state index contributed by atoms with van der Waals surface area (Å²) in [5.74, 6) is 0.536. The number of hydrogen-bond donors (Lipinski definition) is 1. The molecule has 0 aliphatic carbocycles. The highest BCUT2D eigenvalue weighted by atomic mass is 16.6. The molecule has 1 aromatic carbocycles. The number of carbonyl (C=O) groups is 1. The number of unbranched alkanes of at least 4 members (excludes halogenated alkanes) is 1. The van der Waals surface area contributed by atoms with E-state index < -0.39 is 0 Å². The number of carbonyl (C=O) groups excluding carboxylic acids is 1. The highest BCUT2D eigenvalue weighted by molar-refractivity contribution is 5.72. The molecule has 2 N–H and O–H groups in total. The summed E-state index contributed by atoms with van der Waals surface area (Å²) >= 11 is 0. The van der Waals surface area contributed by atoms with Crippen LogP contribution < -0.4 is 10.5 Å². The Kier molecular flexibility index (Phi) is 36.5. The maximum atomic E-state index is 12.0. The third kappa shape index (κ3) is 33.0. The van der Waals surface area contributed by atoms with Gasteiger partial charge in [0.2, 0.25) is 0 Å². The van der Waals surface area contributed by atoms with Gasteiger partial charge in [-0.15, -0.1) is 0 Å². The van der Waals surface area contributed by atoms with Gasteiger partial charge in [-0.1, -0.05) is 38.8 Å². The lowest BCUT2D eigenvalue weighted by Crippen LogP contribution is -2.20. The molecule has 15 heteroatoms. The van der Waals surface area contributed by atoms with Crippen molar-refractivity contribution in [3.63, 3.8) is 0 Å². The number of esters is 1. The summed E-state index contributed by atoms with van der Waals surface area (Å²) in [6.45, 7) is 15.5. The SMILES string of the molecule is CCCCC(CC)C(=O)OCCOCCOCCOCCOCCOCCOCCOCCOCCOCCOCCOCCOc1ccccc1N. The van der Waals surface area contributed by atoms with E-state index in [1.807, 2.05) is 25.1 Å². The second-order valence-corrected chi connectivity index (χ2v) is 11.5. The van der Waals surface area contributed by atoms with Crippen LogP contribution in [-0.2, 0) is 61.6 Å². The number of nitrogen functional groups attached to an aromatic ring is 1. The first kappa shape index (κ1) is 48.9. The van der Waals surface area contributed by atoms with Crippen molar-refractivity contribution in [3.8, 4) is 5.75 Å². The van der Waals surface area contributed by atoms with E-state index in [9.17, 15) is 4.79 Å². The Morgan fingerprint density at radius 2 is 0.811 bits per heavy atom. The van der Waals surface area contributed by atoms with Gasteiger partial charge in [0.15, 0.2) is 0 Å². The first-order valence-electron chi connectivity index (χ1n) is 19.2. The van der Waals surface area contributed by atoms with E-state index >= 15 is 0 Å². The Morgan fingerprint density at radius 3 is 1.13 bits per heavy atom. The zero-order valence-corrected chi connectivity index (χ0v) is 32.5. The molecule has 0 amide bonds. The quantitative estimate of drug-likeness (QED) is 0.0584. The molecule has 0 saturated heterocycles. The highest BCUT2D eigenvalue weighted by Gasteiger charge is 2.17. The minimum absolute atomic E-state index is 0.00676. The van der Waals surface area contributed by atoms with Crippen LogP contribution in [0.1, 0.15) is 39.5 Å². The van der Waals surface area contributed by atoms with Gasteiger partial charge in [-0.3, -0.25) is 4.79 Å². The van der Waals surface area contributed by atoms with Crippen molar-refractivity contribution in [1.29, 1.82) is 0 Å². The molecule has 310 valence electrons. The average Bonchev–Trinajstić information content (AvgIpc) is 3.17. The third-order valence-electron chi connectivity index (χ3n) is 7.33. The van der Waals surface area contributed by atoms with E-state index in [2.05, 4.69) is 6.92 Å². The molecule has 0 aliphatic heterocycles. The van der Waals surface area contributed by atoms with Gasteiger partial charge >= 0.3 is 5.97 Å². The van der Waals surface area contributed by atoms with E-state index in [1.54, 1.807) is 6.07 Å². The van der Waals surface area contributed by atoms with Gasteiger partial charge in [0, 0.05) is 0 Å². The van der Waals surface area contributed by atoms with Crippen molar-refractivity contribution in [2.24, 2.45) is 5.92 Å². The molecule has 0 aromatic heterocycles. The van der Waals surface area contributed by atoms with Gasteiger partial charge in [-0.2, -0.15) is 0 Å². The number of benzene rings is 1. The fraction of sp³-hybridized carbons (Fsp3) is 0.816. The Hall–Kier alpha value is -2.15. The van der Waals surface area contributed by atoms with Crippen LogP contribution in [0, 0.1) is 5.92 Å². The molecule has 0 heterocycles. The predicted octanol–water partition coefficient (Wildman–Crippen LogP) is 3.59. The average molecular weight is 764 g/mol. The zero-order valence-electron chi connectivity index (χ0n) is 32.5. The van der Waals surface area contributed by atoms with Gasteiger partial charge in [-0.25, -0.2) is 0 Å². The number of ether oxygens (including phenoxy) is 13. The third-order valence-corrected chi connectivity index (χ3v) is 7.33. The van der Waals surface area contributed by atoms with Crippen molar-refractivity contribution in [2.75, 3.05) is 164 Å². The van der Waals surface area contributed by atoms with Crippen LogP contribution in [0.5, 0.6) is 5.75 Å². The molecule has 0 aliphatic rings. The van der Waals surface area contributed by atoms with E-state index in [1.165, 1.54) is 0 Å². The van der Waals surface area contributed by atoms with Gasteiger partial charge in [-0.05, 0) is 25.0 Å². The lowest BCUT2D eigenvalue weighted by molar-refractivity contribution is -0.150. The van der Waals surface area contributed by atoms with Crippen LogP contribution in [0.2, 0.25) is 0 Å². The van der Waals surface area contributed by atoms with Crippen molar-refractivity contribution in [2.45, 2.75) is 39.5 Å². The summed E-state index contributed by atoms with van der Waals surface area (Å²) in [6, 6.07) is 7.37. The number of rotatable bonds is 42. The van der Waals surface area contributed by atoms with E-state index in [-0.39, 0.29) is 18.5 Å². The molecule has 0 fully saturated rings. The van der Waals surface area contributed by atoms with Gasteiger partial charge in [0.1, 0.15) is 19.0 Å². The van der Waals surface area contributed by atoms with Crippen molar-refractivity contribution >= 4 is 11.7 Å². The monoisotopic (exact) mass is 763 g/mol. The zero-order chi connectivity index (χ0) is 38.1. The maximum Gasteiger partial charge on any atom is 0.308 e. The number of nitrogens with two attached hydrogens (primary N) is 1. The lowest BCUT2D eigenvalue weighted by atomic mass is 10.00. The summed E-state index contributed by atoms with van der Waals surface area (Å²) in [5, 5.41) is 0. The Labute approximate surface area is 317 Å². The molecule has 53 heavy (non-hydrogen) atoms. The van der Waals surface area contributed by atoms with Crippen LogP contribution in [0.3, 0.4) is 0 Å². The van der Waals surface area contributed by atoms with Crippen molar-refractivity contribution in [3.05, 3.63) is 24.3 Å². The molecule has 0 radical (unpaired) electrons. The van der Waals surface area contributed by atoms with E-state index in [0.29, 0.717) is 163 Å². The Balaban J connectivity index is 1.65. The molecular weight excluding hydrogens is 694 g/mol. The smallest absolute Gasteiger partial charge is 0.308 e. The minimum atomic E-state index is -0.122. The Bertz CT molecular complexity index is 915. The molecule has 1 unspecified atom stereocenters. The molecule has 1 rings (SSSR count). The summed E-state index contributed by atoms with van der Waals surface area (Å²) < 4.78 is 71.2. The topological polar surface area (TPSA) is 163 Å². The van der Waals surface area contributed by atoms with Crippen LogP contribution in [0.25, 0.3) is 0 Å². The lowest BCUT2D eigenvalue weighted by Gasteiger charge is -2.13. The van der Waals surface area contributed by atoms with Gasteiger partial charge < -0.3 is 67.3 Å². The standard InChI is InChI=1S/C38H69NO14/c1-3-5-8-35(4-2)38(40)53-34-32-51-30-28-49-26-24-47-22-20-45-18-16-43-14-12-41-11-13-42-15-17-44-19-21-46-23-25-48-27-29-50-31-33-52-37-10-7-6-9-36(37)39/h6-7,9-10,35H,3-5,8,11-34,39H2,1-2H3. The van der Waals surface area contributed by atoms with Gasteiger partial charge in [0.25, 0.3) is 0 Å². The molecule has 1 aromatic rings. The number of anilines is 1. The molecule has 15 nitrogen and oxygen atoms in total. The molecule has 0 saturated carbocycles.